The average molecular weight is 307 g/mol. The monoisotopic (exact) mass is 306 g/mol. The van der Waals surface area contributed by atoms with Gasteiger partial charge in [-0.1, -0.05) is 11.6 Å². The first-order chi connectivity index (χ1) is 10.0. The summed E-state index contributed by atoms with van der Waals surface area (Å²) in [6, 6.07) is 6.84. The van der Waals surface area contributed by atoms with Crippen LogP contribution in [0.15, 0.2) is 35.3 Å². The molecule has 0 fully saturated rings. The molecule has 2 heterocycles. The molecule has 110 valence electrons. The molecule has 0 unspecified atom stereocenters. The zero-order valence-electron chi connectivity index (χ0n) is 11.7. The van der Waals surface area contributed by atoms with E-state index < -0.39 is 0 Å². The second-order valence-electron chi connectivity index (χ2n) is 4.40. The number of rotatable bonds is 4. The Morgan fingerprint density at radius 3 is 2.90 bits per heavy atom. The number of hydroxylamine groups is 1. The molecule has 0 radical (unpaired) electrons. The summed E-state index contributed by atoms with van der Waals surface area (Å²) in [5.74, 6) is -0.219. The summed E-state index contributed by atoms with van der Waals surface area (Å²) < 4.78 is 1.56. The van der Waals surface area contributed by atoms with E-state index in [-0.39, 0.29) is 17.0 Å². The van der Waals surface area contributed by atoms with E-state index in [4.69, 9.17) is 21.8 Å². The molecule has 2 aromatic heterocycles. The van der Waals surface area contributed by atoms with E-state index >= 15 is 0 Å². The molecular formula is C14H15ClN4O2. The molecule has 0 atom stereocenters. The smallest absolute Gasteiger partial charge is 0.263 e. The van der Waals surface area contributed by atoms with Gasteiger partial charge in [0.1, 0.15) is 10.7 Å². The Bertz CT molecular complexity index is 727. The lowest BCUT2D eigenvalue weighted by Crippen LogP contribution is -2.30. The van der Waals surface area contributed by atoms with Crippen molar-refractivity contribution < 1.29 is 4.84 Å². The normalized spacial score (nSPS) is 10.4. The van der Waals surface area contributed by atoms with Crippen molar-refractivity contribution in [3.05, 3.63) is 62.8 Å². The van der Waals surface area contributed by atoms with Gasteiger partial charge in [0.25, 0.3) is 5.56 Å². The van der Waals surface area contributed by atoms with Crippen LogP contribution >= 0.6 is 11.6 Å². The standard InChI is InChI=1S/C14H15ClN4O2/c1-9-3-4-11(13(16)21-17-2)14(20)19(9)8-10-5-6-18-12(15)7-10/h3-7,16-17H,8H2,1-2H3. The number of halogens is 1. The minimum absolute atomic E-state index is 0.190. The molecule has 6 nitrogen and oxygen atoms in total. The third-order valence-electron chi connectivity index (χ3n) is 2.97. The molecular weight excluding hydrogens is 292 g/mol. The van der Waals surface area contributed by atoms with Gasteiger partial charge in [-0.15, -0.1) is 0 Å². The predicted molar refractivity (Wildman–Crippen MR) is 80.8 cm³/mol. The van der Waals surface area contributed by atoms with Crippen LogP contribution in [0, 0.1) is 12.3 Å². The molecule has 0 amide bonds. The van der Waals surface area contributed by atoms with E-state index in [1.54, 1.807) is 35.0 Å². The SMILES string of the molecule is CNOC(=N)c1ccc(C)n(Cc2ccnc(Cl)c2)c1=O. The fourth-order valence-electron chi connectivity index (χ4n) is 1.92. The number of aryl methyl sites for hydroxylation is 1. The number of hydrogen-bond donors (Lipinski definition) is 2. The van der Waals surface area contributed by atoms with Gasteiger partial charge in [0.15, 0.2) is 0 Å². The maximum absolute atomic E-state index is 12.5. The van der Waals surface area contributed by atoms with Crippen molar-refractivity contribution >= 4 is 17.5 Å². The van der Waals surface area contributed by atoms with Gasteiger partial charge in [0.05, 0.1) is 6.54 Å². The molecule has 0 saturated heterocycles. The van der Waals surface area contributed by atoms with Gasteiger partial charge in [-0.2, -0.15) is 5.48 Å². The fraction of sp³-hybridized carbons (Fsp3) is 0.214. The molecule has 2 N–H and O–H groups in total. The summed E-state index contributed by atoms with van der Waals surface area (Å²) in [5, 5.41) is 8.10. The highest BCUT2D eigenvalue weighted by Gasteiger charge is 2.12. The molecule has 0 aliphatic rings. The van der Waals surface area contributed by atoms with Crippen LogP contribution in [0.1, 0.15) is 16.8 Å². The lowest BCUT2D eigenvalue weighted by molar-refractivity contribution is 0.207. The van der Waals surface area contributed by atoms with E-state index in [1.807, 2.05) is 6.92 Å². The molecule has 0 aliphatic heterocycles. The van der Waals surface area contributed by atoms with E-state index in [9.17, 15) is 4.79 Å². The molecule has 21 heavy (non-hydrogen) atoms. The van der Waals surface area contributed by atoms with E-state index in [2.05, 4.69) is 10.5 Å². The summed E-state index contributed by atoms with van der Waals surface area (Å²) in [6.45, 7) is 2.18. The highest BCUT2D eigenvalue weighted by atomic mass is 35.5. The van der Waals surface area contributed by atoms with Crippen LogP contribution in [0.3, 0.4) is 0 Å². The first-order valence-electron chi connectivity index (χ1n) is 6.26. The summed E-state index contributed by atoms with van der Waals surface area (Å²) in [7, 11) is 1.53. The van der Waals surface area contributed by atoms with Crippen LogP contribution in [0.4, 0.5) is 0 Å². The highest BCUT2D eigenvalue weighted by molar-refractivity contribution is 6.29. The Kier molecular flexibility index (Phi) is 4.72. The maximum atomic E-state index is 12.5. The van der Waals surface area contributed by atoms with Crippen LogP contribution < -0.4 is 11.0 Å². The van der Waals surface area contributed by atoms with Crippen molar-refractivity contribution in [2.24, 2.45) is 0 Å². The molecule has 0 aliphatic carbocycles. The molecule has 2 aromatic rings. The van der Waals surface area contributed by atoms with Crippen molar-refractivity contribution in [2.75, 3.05) is 7.05 Å². The van der Waals surface area contributed by atoms with Gasteiger partial charge in [0, 0.05) is 18.9 Å². The topological polar surface area (TPSA) is 80.0 Å². The quantitative estimate of drug-likeness (QED) is 0.390. The van der Waals surface area contributed by atoms with Crippen LogP contribution in [0.5, 0.6) is 0 Å². The molecule has 0 spiro atoms. The van der Waals surface area contributed by atoms with Gasteiger partial charge in [-0.05, 0) is 36.8 Å². The van der Waals surface area contributed by atoms with Gasteiger partial charge < -0.3 is 9.40 Å². The summed E-state index contributed by atoms with van der Waals surface area (Å²) >= 11 is 5.85. The first-order valence-corrected chi connectivity index (χ1v) is 6.64. The number of nitrogens with zero attached hydrogens (tertiary/aromatic N) is 2. The molecule has 7 heteroatoms. The van der Waals surface area contributed by atoms with E-state index in [1.165, 1.54) is 7.05 Å². The van der Waals surface area contributed by atoms with Crippen LogP contribution in [-0.2, 0) is 11.4 Å². The van der Waals surface area contributed by atoms with Crippen molar-refractivity contribution in [1.82, 2.24) is 15.0 Å². The summed E-state index contributed by atoms with van der Waals surface area (Å²) in [4.78, 5) is 21.2. The third-order valence-corrected chi connectivity index (χ3v) is 3.18. The van der Waals surface area contributed by atoms with Gasteiger partial charge in [-0.25, -0.2) is 4.98 Å². The molecule has 0 bridgehead atoms. The zero-order valence-corrected chi connectivity index (χ0v) is 12.4. The van der Waals surface area contributed by atoms with Crippen molar-refractivity contribution in [3.8, 4) is 0 Å². The molecule has 0 saturated carbocycles. The Labute approximate surface area is 126 Å². The van der Waals surface area contributed by atoms with Gasteiger partial charge >= 0.3 is 0 Å². The second-order valence-corrected chi connectivity index (χ2v) is 4.79. The Morgan fingerprint density at radius 1 is 1.48 bits per heavy atom. The number of nitrogens with one attached hydrogen (secondary N) is 2. The van der Waals surface area contributed by atoms with E-state index in [0.717, 1.165) is 11.3 Å². The van der Waals surface area contributed by atoms with Crippen LogP contribution in [0.2, 0.25) is 5.15 Å². The number of aromatic nitrogens is 2. The van der Waals surface area contributed by atoms with Crippen LogP contribution in [0.25, 0.3) is 0 Å². The van der Waals surface area contributed by atoms with E-state index in [0.29, 0.717) is 11.7 Å². The summed E-state index contributed by atoms with van der Waals surface area (Å²) in [6.07, 6.45) is 1.59. The first kappa shape index (κ1) is 15.2. The largest absolute Gasteiger partial charge is 0.388 e. The lowest BCUT2D eigenvalue weighted by Gasteiger charge is -2.12. The lowest BCUT2D eigenvalue weighted by atomic mass is 10.2. The zero-order chi connectivity index (χ0) is 15.4. The molecule has 2 rings (SSSR count). The fourth-order valence-corrected chi connectivity index (χ4v) is 2.12. The van der Waals surface area contributed by atoms with Gasteiger partial charge in [-0.3, -0.25) is 10.2 Å². The second kappa shape index (κ2) is 6.51. The third kappa shape index (κ3) is 3.48. The Balaban J connectivity index is 2.41. The van der Waals surface area contributed by atoms with Crippen LogP contribution in [-0.4, -0.2) is 22.5 Å². The van der Waals surface area contributed by atoms with Gasteiger partial charge in [0.2, 0.25) is 5.90 Å². The highest BCUT2D eigenvalue weighted by Crippen LogP contribution is 2.09. The van der Waals surface area contributed by atoms with Crippen molar-refractivity contribution in [3.63, 3.8) is 0 Å². The van der Waals surface area contributed by atoms with Crippen molar-refractivity contribution in [2.45, 2.75) is 13.5 Å². The maximum Gasteiger partial charge on any atom is 0.263 e. The minimum atomic E-state index is -0.289. The minimum Gasteiger partial charge on any atom is -0.388 e. The Morgan fingerprint density at radius 2 is 2.24 bits per heavy atom. The average Bonchev–Trinajstić information content (AvgIpc) is 2.43. The Hall–Kier alpha value is -2.18. The van der Waals surface area contributed by atoms with Crippen molar-refractivity contribution in [1.29, 1.82) is 5.41 Å². The number of pyridine rings is 2. The predicted octanol–water partition coefficient (Wildman–Crippen LogP) is 1.73. The number of hydrogen-bond acceptors (Lipinski definition) is 5. The molecule has 0 aromatic carbocycles. The summed E-state index contributed by atoms with van der Waals surface area (Å²) in [5.41, 5.74) is 3.93.